The molecule has 0 bridgehead atoms. The quantitative estimate of drug-likeness (QED) is 0.922. The topological polar surface area (TPSA) is 74.7 Å². The van der Waals surface area contributed by atoms with Crippen molar-refractivity contribution in [2.45, 2.75) is 25.2 Å². The summed E-state index contributed by atoms with van der Waals surface area (Å²) in [4.78, 5) is 11.3. The van der Waals surface area contributed by atoms with Crippen LogP contribution in [0.15, 0.2) is 23.1 Å². The molecule has 0 radical (unpaired) electrons. The summed E-state index contributed by atoms with van der Waals surface area (Å²) in [5.41, 5.74) is 0.490. The number of aliphatic carboxylic acids is 1. The smallest absolute Gasteiger partial charge is 0.307 e. The third-order valence-corrected chi connectivity index (χ3v) is 6.20. The fourth-order valence-corrected chi connectivity index (χ4v) is 4.77. The number of halogens is 1. The Bertz CT molecular complexity index is 659. The van der Waals surface area contributed by atoms with E-state index in [1.807, 2.05) is 6.92 Å². The third kappa shape index (κ3) is 3.22. The summed E-state index contributed by atoms with van der Waals surface area (Å²) in [6.07, 6.45) is 0.496. The standard InChI is InChI=1S/C14H18ClNO4S/c1-9-6-11(14(17)18)8-16(7-9)21(19,20)13-5-3-4-12(15)10(13)2/h3-5,9,11H,6-8H2,1-2H3,(H,17,18). The van der Waals surface area contributed by atoms with Crippen molar-refractivity contribution in [1.29, 1.82) is 0 Å². The maximum Gasteiger partial charge on any atom is 0.307 e. The monoisotopic (exact) mass is 331 g/mol. The second kappa shape index (κ2) is 5.94. The molecule has 0 aliphatic carbocycles. The van der Waals surface area contributed by atoms with Gasteiger partial charge in [0, 0.05) is 18.1 Å². The van der Waals surface area contributed by atoms with Gasteiger partial charge < -0.3 is 5.11 Å². The minimum Gasteiger partial charge on any atom is -0.481 e. The van der Waals surface area contributed by atoms with Gasteiger partial charge in [0.2, 0.25) is 10.0 Å². The minimum atomic E-state index is -3.73. The van der Waals surface area contributed by atoms with E-state index >= 15 is 0 Å². The van der Waals surface area contributed by atoms with Crippen LogP contribution in [0.1, 0.15) is 18.9 Å². The molecule has 5 nitrogen and oxygen atoms in total. The van der Waals surface area contributed by atoms with Crippen LogP contribution < -0.4 is 0 Å². The molecule has 1 aromatic carbocycles. The molecule has 0 saturated carbocycles. The predicted molar refractivity (Wildman–Crippen MR) is 79.9 cm³/mol. The van der Waals surface area contributed by atoms with Gasteiger partial charge >= 0.3 is 5.97 Å². The van der Waals surface area contributed by atoms with Gasteiger partial charge in [-0.15, -0.1) is 0 Å². The molecule has 1 aromatic rings. The highest BCUT2D eigenvalue weighted by molar-refractivity contribution is 7.89. The molecule has 0 amide bonds. The van der Waals surface area contributed by atoms with Crippen molar-refractivity contribution in [3.05, 3.63) is 28.8 Å². The van der Waals surface area contributed by atoms with Crippen LogP contribution in [0.4, 0.5) is 0 Å². The van der Waals surface area contributed by atoms with Gasteiger partial charge in [-0.25, -0.2) is 8.42 Å². The zero-order chi connectivity index (χ0) is 15.8. The average Bonchev–Trinajstić information content (AvgIpc) is 2.40. The predicted octanol–water partition coefficient (Wildman–Crippen LogP) is 2.38. The number of nitrogens with zero attached hydrogens (tertiary/aromatic N) is 1. The lowest BCUT2D eigenvalue weighted by atomic mass is 9.92. The Balaban J connectivity index is 2.39. The Morgan fingerprint density at radius 3 is 2.67 bits per heavy atom. The summed E-state index contributed by atoms with van der Waals surface area (Å²) in [5, 5.41) is 9.55. The highest BCUT2D eigenvalue weighted by Crippen LogP contribution is 2.30. The largest absolute Gasteiger partial charge is 0.481 e. The molecule has 1 aliphatic heterocycles. The first kappa shape index (κ1) is 16.3. The van der Waals surface area contributed by atoms with Crippen molar-refractivity contribution in [3.8, 4) is 0 Å². The number of rotatable bonds is 3. The van der Waals surface area contributed by atoms with E-state index in [1.165, 1.54) is 10.4 Å². The molecule has 21 heavy (non-hydrogen) atoms. The zero-order valence-corrected chi connectivity index (χ0v) is 13.5. The van der Waals surface area contributed by atoms with Crippen LogP contribution in [0.2, 0.25) is 5.02 Å². The molecular weight excluding hydrogens is 314 g/mol. The van der Waals surface area contributed by atoms with Crippen LogP contribution in [0.5, 0.6) is 0 Å². The fraction of sp³-hybridized carbons (Fsp3) is 0.500. The molecule has 0 spiro atoms. The van der Waals surface area contributed by atoms with Crippen LogP contribution >= 0.6 is 11.6 Å². The van der Waals surface area contributed by atoms with Crippen molar-refractivity contribution in [2.75, 3.05) is 13.1 Å². The lowest BCUT2D eigenvalue weighted by Gasteiger charge is -2.34. The number of sulfonamides is 1. The summed E-state index contributed by atoms with van der Waals surface area (Å²) in [6, 6.07) is 4.73. The van der Waals surface area contributed by atoms with Gasteiger partial charge in [-0.2, -0.15) is 4.31 Å². The van der Waals surface area contributed by atoms with Crippen LogP contribution in [-0.2, 0) is 14.8 Å². The lowest BCUT2D eigenvalue weighted by molar-refractivity contribution is -0.143. The summed E-state index contributed by atoms with van der Waals surface area (Å²) in [7, 11) is -3.73. The first-order valence-corrected chi connectivity index (χ1v) is 8.53. The van der Waals surface area contributed by atoms with Gasteiger partial charge in [0.15, 0.2) is 0 Å². The van der Waals surface area contributed by atoms with Gasteiger partial charge in [-0.3, -0.25) is 4.79 Å². The summed E-state index contributed by atoms with van der Waals surface area (Å²) < 4.78 is 26.8. The van der Waals surface area contributed by atoms with E-state index in [0.717, 1.165) is 0 Å². The second-order valence-electron chi connectivity index (χ2n) is 5.56. The maximum atomic E-state index is 12.7. The molecule has 2 rings (SSSR count). The van der Waals surface area contributed by atoms with E-state index in [4.69, 9.17) is 16.7 Å². The van der Waals surface area contributed by atoms with Crippen LogP contribution in [0.25, 0.3) is 0 Å². The van der Waals surface area contributed by atoms with E-state index in [1.54, 1.807) is 19.1 Å². The molecule has 1 heterocycles. The molecule has 1 aliphatic rings. The van der Waals surface area contributed by atoms with Crippen molar-refractivity contribution >= 4 is 27.6 Å². The van der Waals surface area contributed by atoms with Crippen molar-refractivity contribution in [3.63, 3.8) is 0 Å². The lowest BCUT2D eigenvalue weighted by Crippen LogP contribution is -2.45. The van der Waals surface area contributed by atoms with Crippen molar-refractivity contribution < 1.29 is 18.3 Å². The van der Waals surface area contributed by atoms with E-state index in [2.05, 4.69) is 0 Å². The molecule has 1 N–H and O–H groups in total. The first-order valence-electron chi connectivity index (χ1n) is 6.71. The fourth-order valence-electron chi connectivity index (χ4n) is 2.68. The molecule has 0 aromatic heterocycles. The SMILES string of the molecule is Cc1c(Cl)cccc1S(=O)(=O)N1CC(C)CC(C(=O)O)C1. The summed E-state index contributed by atoms with van der Waals surface area (Å²) in [6.45, 7) is 3.85. The first-order chi connectivity index (χ1) is 9.73. The van der Waals surface area contributed by atoms with E-state index in [0.29, 0.717) is 23.6 Å². The van der Waals surface area contributed by atoms with Crippen LogP contribution in [0.3, 0.4) is 0 Å². The highest BCUT2D eigenvalue weighted by atomic mass is 35.5. The third-order valence-electron chi connectivity index (χ3n) is 3.81. The Kier molecular flexibility index (Phi) is 4.60. The van der Waals surface area contributed by atoms with E-state index in [9.17, 15) is 13.2 Å². The summed E-state index contributed by atoms with van der Waals surface area (Å²) in [5.74, 6) is -1.61. The molecular formula is C14H18ClNO4S. The maximum absolute atomic E-state index is 12.7. The number of benzene rings is 1. The Morgan fingerprint density at radius 1 is 1.38 bits per heavy atom. The normalized spacial score (nSPS) is 24.0. The highest BCUT2D eigenvalue weighted by Gasteiger charge is 2.36. The van der Waals surface area contributed by atoms with Gasteiger partial charge in [0.05, 0.1) is 10.8 Å². The van der Waals surface area contributed by atoms with Gasteiger partial charge in [-0.1, -0.05) is 24.6 Å². The zero-order valence-electron chi connectivity index (χ0n) is 11.9. The second-order valence-corrected chi connectivity index (χ2v) is 7.87. The number of carboxylic acids is 1. The molecule has 7 heteroatoms. The molecule has 2 unspecified atom stereocenters. The van der Waals surface area contributed by atoms with Gasteiger partial charge in [-0.05, 0) is 37.0 Å². The van der Waals surface area contributed by atoms with Gasteiger partial charge in [0.25, 0.3) is 0 Å². The van der Waals surface area contributed by atoms with Crippen LogP contribution in [-0.4, -0.2) is 36.9 Å². The van der Waals surface area contributed by atoms with Crippen LogP contribution in [0, 0.1) is 18.8 Å². The van der Waals surface area contributed by atoms with Crippen molar-refractivity contribution in [1.82, 2.24) is 4.31 Å². The van der Waals surface area contributed by atoms with Crippen molar-refractivity contribution in [2.24, 2.45) is 11.8 Å². The van der Waals surface area contributed by atoms with E-state index < -0.39 is 21.9 Å². The Labute approximate surface area is 129 Å². The van der Waals surface area contributed by atoms with Gasteiger partial charge in [0.1, 0.15) is 0 Å². The number of hydrogen-bond donors (Lipinski definition) is 1. The molecule has 1 saturated heterocycles. The Hall–Kier alpha value is -1.11. The number of piperidine rings is 1. The number of carbonyl (C=O) groups is 1. The molecule has 1 fully saturated rings. The number of hydrogen-bond acceptors (Lipinski definition) is 3. The molecule has 116 valence electrons. The average molecular weight is 332 g/mol. The molecule has 2 atom stereocenters. The number of carboxylic acid groups (broad SMARTS) is 1. The Morgan fingerprint density at radius 2 is 2.05 bits per heavy atom. The minimum absolute atomic E-state index is 0.00790. The van der Waals surface area contributed by atoms with E-state index in [-0.39, 0.29) is 17.4 Å². The summed E-state index contributed by atoms with van der Waals surface area (Å²) >= 11 is 5.99.